The number of hydrogen-bond acceptors (Lipinski definition) is 3. The van der Waals surface area contributed by atoms with Gasteiger partial charge in [-0.1, -0.05) is 54.6 Å². The van der Waals surface area contributed by atoms with Crippen molar-refractivity contribution < 1.29 is 14.3 Å². The molecule has 0 saturated heterocycles. The minimum absolute atomic E-state index is 0.145. The van der Waals surface area contributed by atoms with Gasteiger partial charge in [0.25, 0.3) is 0 Å². The van der Waals surface area contributed by atoms with E-state index in [0.29, 0.717) is 17.7 Å². The normalized spacial score (nSPS) is 21.6. The highest BCUT2D eigenvalue weighted by atomic mass is 16.5. The molecule has 1 atom stereocenters. The fraction of sp³-hybridized carbons (Fsp3) is 0.100. The van der Waals surface area contributed by atoms with Crippen molar-refractivity contribution in [2.45, 2.75) is 11.8 Å². The summed E-state index contributed by atoms with van der Waals surface area (Å²) in [7, 11) is 0. The summed E-state index contributed by atoms with van der Waals surface area (Å²) in [5.74, 6) is -0.0897. The van der Waals surface area contributed by atoms with Gasteiger partial charge >= 0.3 is 5.97 Å². The molecule has 5 rings (SSSR count). The van der Waals surface area contributed by atoms with Crippen LogP contribution in [0, 0.1) is 0 Å². The van der Waals surface area contributed by atoms with Crippen LogP contribution in [0.1, 0.15) is 21.5 Å². The van der Waals surface area contributed by atoms with Crippen molar-refractivity contribution in [1.82, 2.24) is 0 Å². The number of ether oxygens (including phenoxy) is 1. The standard InChI is InChI=1S/C20H12O3/c21-18-15-8-4-2-6-13(15)11-20(18)17-14-7-3-1-5-12(14)9-10-16(17)23-19(20)22/h1-10H,11H2/t20-/m1/s1. The molecular weight excluding hydrogens is 288 g/mol. The molecule has 2 aliphatic rings. The summed E-state index contributed by atoms with van der Waals surface area (Å²) in [6.45, 7) is 0. The zero-order valence-corrected chi connectivity index (χ0v) is 12.2. The zero-order valence-electron chi connectivity index (χ0n) is 12.2. The van der Waals surface area contributed by atoms with Crippen molar-refractivity contribution in [1.29, 1.82) is 0 Å². The van der Waals surface area contributed by atoms with Crippen molar-refractivity contribution >= 4 is 22.5 Å². The predicted octanol–water partition coefficient (Wildman–Crippen LogP) is 3.44. The van der Waals surface area contributed by atoms with Crippen LogP contribution in [-0.4, -0.2) is 11.8 Å². The van der Waals surface area contributed by atoms with Crippen LogP contribution in [0.5, 0.6) is 5.75 Å². The van der Waals surface area contributed by atoms with E-state index >= 15 is 0 Å². The first kappa shape index (κ1) is 12.6. The first-order chi connectivity index (χ1) is 11.2. The molecule has 1 aliphatic carbocycles. The number of esters is 1. The van der Waals surface area contributed by atoms with Crippen LogP contribution >= 0.6 is 0 Å². The number of rotatable bonds is 0. The Kier molecular flexibility index (Phi) is 2.23. The Labute approximate surface area is 132 Å². The second-order valence-electron chi connectivity index (χ2n) is 6.12. The summed E-state index contributed by atoms with van der Waals surface area (Å²) in [4.78, 5) is 25.9. The Balaban J connectivity index is 1.87. The highest BCUT2D eigenvalue weighted by Crippen LogP contribution is 2.50. The van der Waals surface area contributed by atoms with Crippen molar-refractivity contribution in [3.63, 3.8) is 0 Å². The predicted molar refractivity (Wildman–Crippen MR) is 85.7 cm³/mol. The summed E-state index contributed by atoms with van der Waals surface area (Å²) >= 11 is 0. The number of benzene rings is 3. The molecule has 0 N–H and O–H groups in total. The lowest BCUT2D eigenvalue weighted by molar-refractivity contribution is -0.136. The molecule has 0 aromatic heterocycles. The second-order valence-corrected chi connectivity index (χ2v) is 6.12. The molecular formula is C20H12O3. The molecule has 3 aromatic carbocycles. The summed E-state index contributed by atoms with van der Waals surface area (Å²) in [6, 6.07) is 19.0. The second kappa shape index (κ2) is 4.07. The van der Waals surface area contributed by atoms with E-state index in [0.717, 1.165) is 21.9 Å². The third-order valence-electron chi connectivity index (χ3n) is 4.97. The van der Waals surface area contributed by atoms with E-state index in [4.69, 9.17) is 4.74 Å². The summed E-state index contributed by atoms with van der Waals surface area (Å²) < 4.78 is 5.49. The maximum atomic E-state index is 13.1. The van der Waals surface area contributed by atoms with Gasteiger partial charge in [0, 0.05) is 17.5 Å². The van der Waals surface area contributed by atoms with Crippen molar-refractivity contribution in [2.24, 2.45) is 0 Å². The van der Waals surface area contributed by atoms with Crippen molar-refractivity contribution in [3.05, 3.63) is 77.4 Å². The van der Waals surface area contributed by atoms with Gasteiger partial charge in [-0.2, -0.15) is 0 Å². The van der Waals surface area contributed by atoms with Crippen LogP contribution in [0.15, 0.2) is 60.7 Å². The molecule has 1 heterocycles. The number of ketones is 1. The van der Waals surface area contributed by atoms with Gasteiger partial charge in [-0.05, 0) is 22.4 Å². The minimum atomic E-state index is -1.22. The SMILES string of the molecule is O=C1Oc2ccc3ccccc3c2[C@@]12Cc1ccccc1C2=O. The fourth-order valence-electron chi connectivity index (χ4n) is 3.92. The number of hydrogen-bond donors (Lipinski definition) is 0. The molecule has 0 radical (unpaired) electrons. The van der Waals surface area contributed by atoms with Gasteiger partial charge in [0.2, 0.25) is 0 Å². The highest BCUT2D eigenvalue weighted by Gasteiger charge is 2.59. The average Bonchev–Trinajstić information content (AvgIpc) is 3.04. The molecule has 23 heavy (non-hydrogen) atoms. The molecule has 1 spiro atoms. The minimum Gasteiger partial charge on any atom is -0.425 e. The molecule has 3 nitrogen and oxygen atoms in total. The molecule has 0 amide bonds. The quantitative estimate of drug-likeness (QED) is 0.363. The number of fused-ring (bicyclic) bond motifs is 5. The first-order valence-corrected chi connectivity index (χ1v) is 7.59. The fourth-order valence-corrected chi connectivity index (χ4v) is 3.92. The molecule has 0 saturated carbocycles. The van der Waals surface area contributed by atoms with E-state index in [2.05, 4.69) is 0 Å². The summed E-state index contributed by atoms with van der Waals surface area (Å²) in [5.41, 5.74) is 1.04. The van der Waals surface area contributed by atoms with Gasteiger partial charge in [0.15, 0.2) is 11.2 Å². The highest BCUT2D eigenvalue weighted by molar-refractivity contribution is 6.24. The van der Waals surface area contributed by atoms with Crippen LogP contribution in [0.2, 0.25) is 0 Å². The maximum absolute atomic E-state index is 13.1. The monoisotopic (exact) mass is 300 g/mol. The summed E-state index contributed by atoms with van der Waals surface area (Å²) in [6.07, 6.45) is 0.377. The van der Waals surface area contributed by atoms with E-state index in [1.165, 1.54) is 0 Å². The number of Topliss-reactive ketones (excluding diaryl/α,β-unsaturated/α-hetero) is 1. The Hall–Kier alpha value is -2.94. The molecule has 0 bridgehead atoms. The van der Waals surface area contributed by atoms with E-state index < -0.39 is 11.4 Å². The molecule has 110 valence electrons. The van der Waals surface area contributed by atoms with Crippen LogP contribution in [-0.2, 0) is 16.6 Å². The molecule has 0 unspecified atom stereocenters. The van der Waals surface area contributed by atoms with Crippen LogP contribution in [0.4, 0.5) is 0 Å². The largest absolute Gasteiger partial charge is 0.425 e. The van der Waals surface area contributed by atoms with E-state index in [1.807, 2.05) is 48.5 Å². The van der Waals surface area contributed by atoms with Crippen molar-refractivity contribution in [3.8, 4) is 5.75 Å². The van der Waals surface area contributed by atoms with Gasteiger partial charge < -0.3 is 4.74 Å². The van der Waals surface area contributed by atoms with E-state index in [9.17, 15) is 9.59 Å². The summed E-state index contributed by atoms with van der Waals surface area (Å²) in [5, 5.41) is 1.92. The van der Waals surface area contributed by atoms with Crippen LogP contribution in [0.25, 0.3) is 10.8 Å². The van der Waals surface area contributed by atoms with Gasteiger partial charge in [0.1, 0.15) is 5.75 Å². The third-order valence-corrected chi connectivity index (χ3v) is 4.97. The lowest BCUT2D eigenvalue weighted by Gasteiger charge is -2.19. The Morgan fingerprint density at radius 2 is 1.65 bits per heavy atom. The van der Waals surface area contributed by atoms with E-state index in [1.54, 1.807) is 12.1 Å². The van der Waals surface area contributed by atoms with Gasteiger partial charge in [-0.3, -0.25) is 9.59 Å². The smallest absolute Gasteiger partial charge is 0.330 e. The Morgan fingerprint density at radius 3 is 2.52 bits per heavy atom. The van der Waals surface area contributed by atoms with Gasteiger partial charge in [0.05, 0.1) is 0 Å². The van der Waals surface area contributed by atoms with Crippen molar-refractivity contribution in [2.75, 3.05) is 0 Å². The lowest BCUT2D eigenvalue weighted by Crippen LogP contribution is -2.40. The van der Waals surface area contributed by atoms with E-state index in [-0.39, 0.29) is 5.78 Å². The molecule has 0 fully saturated rings. The average molecular weight is 300 g/mol. The van der Waals surface area contributed by atoms with Gasteiger partial charge in [-0.25, -0.2) is 0 Å². The Morgan fingerprint density at radius 1 is 0.870 bits per heavy atom. The lowest BCUT2D eigenvalue weighted by atomic mass is 9.76. The molecule has 3 aromatic rings. The topological polar surface area (TPSA) is 43.4 Å². The molecule has 1 aliphatic heterocycles. The molecule has 3 heteroatoms. The maximum Gasteiger partial charge on any atom is 0.330 e. The number of carbonyl (C=O) groups is 2. The Bertz CT molecular complexity index is 1020. The van der Waals surface area contributed by atoms with Crippen LogP contribution < -0.4 is 4.74 Å². The van der Waals surface area contributed by atoms with Gasteiger partial charge in [-0.15, -0.1) is 0 Å². The third kappa shape index (κ3) is 1.39. The van der Waals surface area contributed by atoms with Crippen LogP contribution in [0.3, 0.4) is 0 Å². The first-order valence-electron chi connectivity index (χ1n) is 7.59. The zero-order chi connectivity index (χ0) is 15.6. The number of carbonyl (C=O) groups excluding carboxylic acids is 2.